The third-order valence-corrected chi connectivity index (χ3v) is 0. The molecule has 96 valence electrons. The van der Waals surface area contributed by atoms with E-state index in [4.69, 9.17) is 61.3 Å². The van der Waals surface area contributed by atoms with E-state index in [2.05, 4.69) is 0 Å². The van der Waals surface area contributed by atoms with E-state index in [1.165, 1.54) is 0 Å². The Balaban J connectivity index is -0.0000000600. The van der Waals surface area contributed by atoms with Crippen LogP contribution in [0.5, 0.6) is 0 Å². The van der Waals surface area contributed by atoms with Crippen LogP contribution in [-0.4, -0.2) is 41.2 Å². The van der Waals surface area contributed by atoms with E-state index in [-0.39, 0.29) is 0 Å². The highest BCUT2D eigenvalue weighted by Gasteiger charge is 1.66. The zero-order valence-corrected chi connectivity index (χ0v) is 6.84. The molecule has 4 N–H and O–H groups in total. The summed E-state index contributed by atoms with van der Waals surface area (Å²) in [4.78, 5) is 33.4. The van der Waals surface area contributed by atoms with Crippen molar-refractivity contribution in [1.29, 1.82) is 0 Å². The van der Waals surface area contributed by atoms with Gasteiger partial charge in [-0.05, 0) is 0 Å². The highest BCUT2D eigenvalue weighted by Crippen LogP contribution is 1.39. The van der Waals surface area contributed by atoms with Crippen LogP contribution < -0.4 is 0 Å². The summed E-state index contributed by atoms with van der Waals surface area (Å²) in [6.45, 7) is 0. The summed E-state index contributed by atoms with van der Waals surface area (Å²) in [5.74, 6) is 0. The fraction of sp³-hybridized carbons (Fsp3) is 0. The van der Waals surface area contributed by atoms with Gasteiger partial charge in [-0.1, -0.05) is 0 Å². The largest absolute Gasteiger partial charge is 0.328 e. The normalized spacial score (nSPS) is 6.00. The van der Waals surface area contributed by atoms with Gasteiger partial charge in [-0.2, -0.15) is 0 Å². The Bertz CT molecular complexity index is 153. The lowest BCUT2D eigenvalue weighted by molar-refractivity contribution is -0.742. The van der Waals surface area contributed by atoms with Crippen molar-refractivity contribution in [2.24, 2.45) is 0 Å². The third-order valence-electron chi connectivity index (χ3n) is 0. The Kier molecular flexibility index (Phi) is 25.6. The summed E-state index contributed by atoms with van der Waals surface area (Å²) >= 11 is 0. The Morgan fingerprint density at radius 2 is 0.500 bits per heavy atom. The minimum absolute atomic E-state index is 1.50. The summed E-state index contributed by atoms with van der Waals surface area (Å²) in [6, 6.07) is 0. The highest BCUT2D eigenvalue weighted by molar-refractivity contribution is 3.84. The van der Waals surface area contributed by atoms with Crippen LogP contribution in [0.25, 0.3) is 0 Å². The molecule has 0 aliphatic carbocycles. The molecule has 16 heavy (non-hydrogen) atoms. The lowest BCUT2D eigenvalue weighted by Gasteiger charge is -1.56. The van der Waals surface area contributed by atoms with Gasteiger partial charge in [0.25, 0.3) is 20.3 Å². The van der Waals surface area contributed by atoms with E-state index in [9.17, 15) is 0 Å². The van der Waals surface area contributed by atoms with Crippen LogP contribution in [0.4, 0.5) is 0 Å². The van der Waals surface area contributed by atoms with Crippen LogP contribution in [0.15, 0.2) is 0 Å². The Labute approximate surface area is 83.0 Å². The fourth-order valence-corrected chi connectivity index (χ4v) is 0. The van der Waals surface area contributed by atoms with E-state index in [1.54, 1.807) is 0 Å². The second-order valence-electron chi connectivity index (χ2n) is 0.951. The van der Waals surface area contributed by atoms with E-state index in [0.717, 1.165) is 0 Å². The monoisotopic (exact) mass is 252 g/mol. The van der Waals surface area contributed by atoms with Crippen LogP contribution in [0, 0.1) is 40.5 Å². The number of nitrogens with zero attached hydrogens (tertiary/aromatic N) is 4. The molecule has 0 amide bonds. The summed E-state index contributed by atoms with van der Waals surface area (Å²) in [5.41, 5.74) is 0. The lowest BCUT2D eigenvalue weighted by atomic mass is 13.1. The fourth-order valence-electron chi connectivity index (χ4n) is 0. The zero-order valence-electron chi connectivity index (χ0n) is 6.84. The first-order chi connectivity index (χ1) is 6.93. The maximum Gasteiger partial charge on any atom is 0.291 e. The average Bonchev–Trinajstić information content (AvgIpc) is 1.76. The molecule has 0 atom stereocenters. The first kappa shape index (κ1) is 23.0. The third kappa shape index (κ3) is 101. The molecule has 0 aliphatic rings. The van der Waals surface area contributed by atoms with E-state index >= 15 is 0 Å². The van der Waals surface area contributed by atoms with Crippen LogP contribution in [0.1, 0.15) is 0 Å². The molecule has 0 bridgehead atoms. The predicted molar refractivity (Wildman–Crippen MR) is 35.1 cm³/mol. The summed E-state index contributed by atoms with van der Waals surface area (Å²) < 4.78 is 0. The summed E-state index contributed by atoms with van der Waals surface area (Å²) in [6.07, 6.45) is 0. The molecule has 0 aliphatic heterocycles. The Hall–Kier alpha value is -3.20. The Morgan fingerprint density at radius 3 is 0.500 bits per heavy atom. The van der Waals surface area contributed by atoms with Gasteiger partial charge in [0.1, 0.15) is 0 Å². The average molecular weight is 252 g/mol. The minimum Gasteiger partial charge on any atom is -0.328 e. The van der Waals surface area contributed by atoms with Gasteiger partial charge in [0.05, 0.1) is 0 Å². The lowest BCUT2D eigenvalue weighted by Crippen LogP contribution is -1.81. The van der Waals surface area contributed by atoms with Crippen molar-refractivity contribution in [3.63, 3.8) is 0 Å². The van der Waals surface area contributed by atoms with Crippen molar-refractivity contribution >= 4 is 0 Å². The second-order valence-corrected chi connectivity index (χ2v) is 0.951. The molecular formula is H4N4O12. The van der Waals surface area contributed by atoms with Crippen LogP contribution in [-0.2, 0) is 0 Å². The maximum atomic E-state index is 8.36. The highest BCUT2D eigenvalue weighted by atomic mass is 16.9. The molecule has 16 nitrogen and oxygen atoms in total. The van der Waals surface area contributed by atoms with E-state index in [1.807, 2.05) is 0 Å². The molecule has 0 aromatic carbocycles. The van der Waals surface area contributed by atoms with Crippen LogP contribution >= 0.6 is 0 Å². The summed E-state index contributed by atoms with van der Waals surface area (Å²) in [5, 5.41) is 54.6. The minimum atomic E-state index is -1.50. The van der Waals surface area contributed by atoms with Gasteiger partial charge in [-0.15, -0.1) is 40.5 Å². The number of rotatable bonds is 0. The SMILES string of the molecule is O=[N+]([O-])O.O=[N+]([O-])O.O=[N+]([O-])O.O=[N+]([O-])O. The second kappa shape index (κ2) is 17.8. The van der Waals surface area contributed by atoms with Crippen molar-refractivity contribution < 1.29 is 41.2 Å². The maximum absolute atomic E-state index is 8.36. The van der Waals surface area contributed by atoms with Gasteiger partial charge >= 0.3 is 0 Å². The molecule has 0 heterocycles. The number of hydrogen-bond acceptors (Lipinski definition) is 8. The Morgan fingerprint density at radius 1 is 0.500 bits per heavy atom. The summed E-state index contributed by atoms with van der Waals surface area (Å²) in [7, 11) is 0. The van der Waals surface area contributed by atoms with Gasteiger partial charge in [0.2, 0.25) is 0 Å². The van der Waals surface area contributed by atoms with Gasteiger partial charge < -0.3 is 20.8 Å². The molecule has 16 heteroatoms. The van der Waals surface area contributed by atoms with Crippen molar-refractivity contribution in [1.82, 2.24) is 0 Å². The number of hydrogen-bond donors (Lipinski definition) is 4. The van der Waals surface area contributed by atoms with Crippen molar-refractivity contribution in [3.8, 4) is 0 Å². The van der Waals surface area contributed by atoms with Gasteiger partial charge in [0.15, 0.2) is 0 Å². The molecule has 0 radical (unpaired) electrons. The van der Waals surface area contributed by atoms with Crippen molar-refractivity contribution in [2.75, 3.05) is 0 Å². The van der Waals surface area contributed by atoms with Crippen LogP contribution in [0.2, 0.25) is 0 Å². The molecule has 0 saturated heterocycles. The molecule has 0 fully saturated rings. The zero-order chi connectivity index (χ0) is 14.3. The standard InChI is InChI=1S/4HNO3/c4*2-1(3)4/h4*(H,2,3,4). The van der Waals surface area contributed by atoms with Gasteiger partial charge in [-0.3, -0.25) is 0 Å². The van der Waals surface area contributed by atoms with Gasteiger partial charge in [0, 0.05) is 0 Å². The molecule has 0 unspecified atom stereocenters. The smallest absolute Gasteiger partial charge is 0.291 e. The topological polar surface area (TPSA) is 253 Å². The van der Waals surface area contributed by atoms with Crippen molar-refractivity contribution in [3.05, 3.63) is 40.5 Å². The van der Waals surface area contributed by atoms with Crippen molar-refractivity contribution in [2.45, 2.75) is 0 Å². The predicted octanol–water partition coefficient (Wildman–Crippen LogP) is -1.39. The van der Waals surface area contributed by atoms with E-state index < -0.39 is 20.3 Å². The van der Waals surface area contributed by atoms with Gasteiger partial charge in [-0.25, -0.2) is 0 Å². The molecule has 0 aromatic heterocycles. The first-order valence-electron chi connectivity index (χ1n) is 2.26. The van der Waals surface area contributed by atoms with Crippen LogP contribution in [0.3, 0.4) is 0 Å². The molecule has 0 spiro atoms. The first-order valence-corrected chi connectivity index (χ1v) is 2.26. The quantitative estimate of drug-likeness (QED) is 0.286. The van der Waals surface area contributed by atoms with E-state index in [0.29, 0.717) is 0 Å². The molecule has 0 rings (SSSR count). The molecule has 0 saturated carbocycles. The molecule has 0 aromatic rings. The molecular weight excluding hydrogens is 248 g/mol.